The van der Waals surface area contributed by atoms with E-state index in [4.69, 9.17) is 0 Å². The van der Waals surface area contributed by atoms with Crippen LogP contribution in [0, 0.1) is 0 Å². The molecule has 0 radical (unpaired) electrons. The average molecular weight is 259 g/mol. The lowest BCUT2D eigenvalue weighted by Gasteiger charge is -2.08. The van der Waals surface area contributed by atoms with Gasteiger partial charge in [0.05, 0.1) is 12.1 Å². The molecule has 2 heterocycles. The van der Waals surface area contributed by atoms with E-state index in [2.05, 4.69) is 10.1 Å². The fourth-order valence-electron chi connectivity index (χ4n) is 1.48. The molecule has 0 aliphatic carbocycles. The van der Waals surface area contributed by atoms with Gasteiger partial charge >= 0.3 is 6.18 Å². The zero-order valence-electron chi connectivity index (χ0n) is 9.10. The monoisotopic (exact) mass is 259 g/mol. The molecular formula is C11H9F4N3. The van der Waals surface area contributed by atoms with Crippen molar-refractivity contribution < 1.29 is 17.6 Å². The quantitative estimate of drug-likeness (QED) is 0.793. The van der Waals surface area contributed by atoms with Crippen molar-refractivity contribution in [3.05, 3.63) is 48.0 Å². The minimum Gasteiger partial charge on any atom is -0.265 e. The van der Waals surface area contributed by atoms with Crippen LogP contribution < -0.4 is 0 Å². The molecule has 18 heavy (non-hydrogen) atoms. The molecule has 1 atom stereocenters. The van der Waals surface area contributed by atoms with Crippen LogP contribution in [0.2, 0.25) is 0 Å². The van der Waals surface area contributed by atoms with Crippen LogP contribution in [0.3, 0.4) is 0 Å². The number of pyridine rings is 1. The van der Waals surface area contributed by atoms with E-state index in [9.17, 15) is 17.6 Å². The smallest absolute Gasteiger partial charge is 0.265 e. The van der Waals surface area contributed by atoms with Crippen molar-refractivity contribution in [2.24, 2.45) is 0 Å². The molecule has 0 amide bonds. The summed E-state index contributed by atoms with van der Waals surface area (Å²) in [6.07, 6.45) is -3.13. The SMILES string of the molecule is F[C@H](c1ccncc1)n1ccc(CC(F)(F)F)n1. The first-order chi connectivity index (χ1) is 8.46. The highest BCUT2D eigenvalue weighted by Gasteiger charge is 2.29. The molecule has 0 aromatic carbocycles. The number of rotatable bonds is 3. The number of hydrogen-bond acceptors (Lipinski definition) is 2. The minimum atomic E-state index is -4.35. The summed E-state index contributed by atoms with van der Waals surface area (Å²) < 4.78 is 51.1. The third kappa shape index (κ3) is 3.06. The standard InChI is InChI=1S/C11H9F4N3/c12-10(8-1-4-16-5-2-8)18-6-3-9(17-18)7-11(13,14)15/h1-6,10H,7H2/t10-/m0/s1. The van der Waals surface area contributed by atoms with E-state index < -0.39 is 18.9 Å². The van der Waals surface area contributed by atoms with Crippen LogP contribution in [-0.2, 0) is 6.42 Å². The van der Waals surface area contributed by atoms with E-state index in [0.717, 1.165) is 10.7 Å². The molecule has 0 saturated heterocycles. The van der Waals surface area contributed by atoms with Gasteiger partial charge in [-0.05, 0) is 18.2 Å². The molecule has 96 valence electrons. The second-order valence-corrected chi connectivity index (χ2v) is 3.70. The minimum absolute atomic E-state index is 0.209. The van der Waals surface area contributed by atoms with Gasteiger partial charge in [-0.3, -0.25) is 4.98 Å². The van der Waals surface area contributed by atoms with Crippen molar-refractivity contribution in [2.45, 2.75) is 18.9 Å². The first-order valence-corrected chi connectivity index (χ1v) is 5.10. The van der Waals surface area contributed by atoms with E-state index in [0.29, 0.717) is 0 Å². The number of aromatic nitrogens is 3. The highest BCUT2D eigenvalue weighted by atomic mass is 19.4. The number of alkyl halides is 4. The molecule has 0 fully saturated rings. The van der Waals surface area contributed by atoms with Crippen LogP contribution in [0.1, 0.15) is 17.6 Å². The van der Waals surface area contributed by atoms with Gasteiger partial charge < -0.3 is 0 Å². The molecule has 0 aliphatic heterocycles. The van der Waals surface area contributed by atoms with Gasteiger partial charge in [-0.15, -0.1) is 0 Å². The van der Waals surface area contributed by atoms with Gasteiger partial charge in [-0.2, -0.15) is 18.3 Å². The number of nitrogens with zero attached hydrogens (tertiary/aromatic N) is 3. The lowest BCUT2D eigenvalue weighted by atomic mass is 10.2. The third-order valence-corrected chi connectivity index (χ3v) is 2.26. The summed E-state index contributed by atoms with van der Waals surface area (Å²) in [4.78, 5) is 3.73. The van der Waals surface area contributed by atoms with E-state index in [1.54, 1.807) is 0 Å². The number of halogens is 4. The van der Waals surface area contributed by atoms with Crippen molar-refractivity contribution in [1.82, 2.24) is 14.8 Å². The lowest BCUT2D eigenvalue weighted by Crippen LogP contribution is -2.13. The highest BCUT2D eigenvalue weighted by molar-refractivity contribution is 5.14. The summed E-state index contributed by atoms with van der Waals surface area (Å²) in [5, 5.41) is 3.57. The van der Waals surface area contributed by atoms with Gasteiger partial charge in [0.1, 0.15) is 0 Å². The molecule has 0 saturated carbocycles. The van der Waals surface area contributed by atoms with Gasteiger partial charge in [0.15, 0.2) is 0 Å². The summed E-state index contributed by atoms with van der Waals surface area (Å²) in [5.41, 5.74) is 0.0749. The van der Waals surface area contributed by atoms with E-state index in [1.165, 1.54) is 30.7 Å². The van der Waals surface area contributed by atoms with Crippen molar-refractivity contribution >= 4 is 0 Å². The second kappa shape index (κ2) is 4.75. The van der Waals surface area contributed by atoms with Crippen molar-refractivity contribution in [3.63, 3.8) is 0 Å². The van der Waals surface area contributed by atoms with E-state index in [1.807, 2.05) is 0 Å². The lowest BCUT2D eigenvalue weighted by molar-refractivity contribution is -0.127. The van der Waals surface area contributed by atoms with Gasteiger partial charge in [-0.25, -0.2) is 9.07 Å². The molecule has 0 aliphatic rings. The zero-order chi connectivity index (χ0) is 13.2. The molecule has 7 heteroatoms. The third-order valence-electron chi connectivity index (χ3n) is 2.26. The molecule has 2 rings (SSSR count). The van der Waals surface area contributed by atoms with Crippen molar-refractivity contribution in [3.8, 4) is 0 Å². The van der Waals surface area contributed by atoms with Crippen LogP contribution in [-0.4, -0.2) is 20.9 Å². The summed E-state index contributed by atoms with van der Waals surface area (Å²) >= 11 is 0. The highest BCUT2D eigenvalue weighted by Crippen LogP contribution is 2.22. The molecule has 0 unspecified atom stereocenters. The van der Waals surface area contributed by atoms with Gasteiger partial charge in [0.2, 0.25) is 6.30 Å². The second-order valence-electron chi connectivity index (χ2n) is 3.70. The maximum Gasteiger partial charge on any atom is 0.394 e. The largest absolute Gasteiger partial charge is 0.394 e. The zero-order valence-corrected chi connectivity index (χ0v) is 9.10. The fraction of sp³-hybridized carbons (Fsp3) is 0.273. The molecule has 3 nitrogen and oxygen atoms in total. The predicted molar refractivity (Wildman–Crippen MR) is 55.5 cm³/mol. The number of hydrogen-bond donors (Lipinski definition) is 0. The summed E-state index contributed by atoms with van der Waals surface area (Å²) in [6.45, 7) is 0. The van der Waals surface area contributed by atoms with E-state index >= 15 is 0 Å². The maximum atomic E-state index is 13.9. The molecule has 0 bridgehead atoms. The topological polar surface area (TPSA) is 30.7 Å². The van der Waals surface area contributed by atoms with Crippen LogP contribution in [0.25, 0.3) is 0 Å². The van der Waals surface area contributed by atoms with Gasteiger partial charge in [-0.1, -0.05) is 0 Å². The van der Waals surface area contributed by atoms with Crippen molar-refractivity contribution in [2.75, 3.05) is 0 Å². The fourth-order valence-corrected chi connectivity index (χ4v) is 1.48. The Morgan fingerprint density at radius 3 is 2.44 bits per heavy atom. The molecule has 2 aromatic heterocycles. The Balaban J connectivity index is 2.15. The summed E-state index contributed by atoms with van der Waals surface area (Å²) in [5.74, 6) is 0. The predicted octanol–water partition coefficient (Wildman–Crippen LogP) is 2.90. The maximum absolute atomic E-state index is 13.9. The first kappa shape index (κ1) is 12.5. The van der Waals surface area contributed by atoms with Crippen LogP contribution in [0.15, 0.2) is 36.8 Å². The van der Waals surface area contributed by atoms with Crippen LogP contribution >= 0.6 is 0 Å². The Kier molecular flexibility index (Phi) is 3.31. The van der Waals surface area contributed by atoms with Crippen LogP contribution in [0.4, 0.5) is 17.6 Å². The first-order valence-electron chi connectivity index (χ1n) is 5.10. The average Bonchev–Trinajstić information content (AvgIpc) is 2.75. The Morgan fingerprint density at radius 1 is 1.17 bits per heavy atom. The Bertz CT molecular complexity index is 507. The van der Waals surface area contributed by atoms with Gasteiger partial charge in [0, 0.05) is 24.2 Å². The molecular weight excluding hydrogens is 250 g/mol. The Labute approximate surface area is 100 Å². The van der Waals surface area contributed by atoms with Gasteiger partial charge in [0.25, 0.3) is 0 Å². The van der Waals surface area contributed by atoms with Crippen LogP contribution in [0.5, 0.6) is 0 Å². The molecule has 0 spiro atoms. The molecule has 2 aromatic rings. The normalized spacial score (nSPS) is 13.6. The molecule has 0 N–H and O–H groups in total. The summed E-state index contributed by atoms with van der Waals surface area (Å²) in [7, 11) is 0. The Hall–Kier alpha value is -1.92. The summed E-state index contributed by atoms with van der Waals surface area (Å²) in [6, 6.07) is 4.03. The van der Waals surface area contributed by atoms with E-state index in [-0.39, 0.29) is 11.3 Å². The van der Waals surface area contributed by atoms with Crippen molar-refractivity contribution in [1.29, 1.82) is 0 Å². The Morgan fingerprint density at radius 2 is 1.83 bits per heavy atom.